The summed E-state index contributed by atoms with van der Waals surface area (Å²) in [6.07, 6.45) is 5.07. The lowest BCUT2D eigenvalue weighted by Gasteiger charge is -2.00. The molecule has 0 unspecified atom stereocenters. The third-order valence-electron chi connectivity index (χ3n) is 2.03. The van der Waals surface area contributed by atoms with Crippen LogP contribution >= 0.6 is 0 Å². The fourth-order valence-corrected chi connectivity index (χ4v) is 1.18. The predicted molar refractivity (Wildman–Crippen MR) is 54.0 cm³/mol. The summed E-state index contributed by atoms with van der Waals surface area (Å²) < 4.78 is 1.39. The summed E-state index contributed by atoms with van der Waals surface area (Å²) in [6.45, 7) is 1.72. The van der Waals surface area contributed by atoms with Crippen molar-refractivity contribution in [3.8, 4) is 12.0 Å². The number of aryl methyl sites for hydroxylation is 1. The van der Waals surface area contributed by atoms with Crippen molar-refractivity contribution in [2.24, 2.45) is 0 Å². The van der Waals surface area contributed by atoms with Gasteiger partial charge in [0.15, 0.2) is 6.29 Å². The van der Waals surface area contributed by atoms with Crippen molar-refractivity contribution in [1.29, 1.82) is 5.26 Å². The van der Waals surface area contributed by atoms with Crippen LogP contribution in [-0.2, 0) is 0 Å². The first-order chi connectivity index (χ1) is 7.74. The number of hydrogen-bond acceptors (Lipinski definition) is 5. The lowest BCUT2D eigenvalue weighted by molar-refractivity contribution is 0.112. The quantitative estimate of drug-likeness (QED) is 0.684. The molecule has 16 heavy (non-hydrogen) atoms. The van der Waals surface area contributed by atoms with E-state index in [1.165, 1.54) is 23.3 Å². The van der Waals surface area contributed by atoms with Crippen LogP contribution in [0.3, 0.4) is 0 Å². The minimum Gasteiger partial charge on any atom is -0.298 e. The summed E-state index contributed by atoms with van der Waals surface area (Å²) in [5.74, 6) is 0.338. The van der Waals surface area contributed by atoms with Crippen LogP contribution in [0.25, 0.3) is 5.95 Å². The van der Waals surface area contributed by atoms with E-state index in [9.17, 15) is 4.79 Å². The molecule has 0 saturated heterocycles. The third-order valence-corrected chi connectivity index (χ3v) is 2.03. The molecule has 2 aromatic rings. The summed E-state index contributed by atoms with van der Waals surface area (Å²) in [7, 11) is 0. The number of hydrogen-bond donors (Lipinski definition) is 0. The Hall–Kier alpha value is -2.55. The van der Waals surface area contributed by atoms with Crippen molar-refractivity contribution >= 4 is 6.29 Å². The van der Waals surface area contributed by atoms with Gasteiger partial charge in [-0.3, -0.25) is 4.79 Å². The van der Waals surface area contributed by atoms with Crippen molar-refractivity contribution in [2.75, 3.05) is 0 Å². The zero-order valence-corrected chi connectivity index (χ0v) is 8.45. The summed E-state index contributed by atoms with van der Waals surface area (Å²) >= 11 is 0. The third kappa shape index (κ3) is 1.66. The molecule has 6 heteroatoms. The number of rotatable bonds is 2. The van der Waals surface area contributed by atoms with Crippen molar-refractivity contribution < 1.29 is 4.79 Å². The maximum absolute atomic E-state index is 10.5. The van der Waals surface area contributed by atoms with Crippen molar-refractivity contribution in [1.82, 2.24) is 19.7 Å². The molecule has 0 saturated carbocycles. The molecule has 2 rings (SSSR count). The Kier molecular flexibility index (Phi) is 2.44. The molecule has 0 bridgehead atoms. The van der Waals surface area contributed by atoms with Crippen molar-refractivity contribution in [3.63, 3.8) is 0 Å². The number of nitrogens with zero attached hydrogens (tertiary/aromatic N) is 5. The average molecular weight is 213 g/mol. The van der Waals surface area contributed by atoms with E-state index in [2.05, 4.69) is 15.1 Å². The summed E-state index contributed by atoms with van der Waals surface area (Å²) in [5.41, 5.74) is 1.45. The summed E-state index contributed by atoms with van der Waals surface area (Å²) in [6, 6.07) is 1.98. The van der Waals surface area contributed by atoms with E-state index in [1.807, 2.05) is 6.07 Å². The van der Waals surface area contributed by atoms with Gasteiger partial charge in [0.05, 0.1) is 29.2 Å². The number of carbonyl (C=O) groups excluding carboxylic acids is 1. The van der Waals surface area contributed by atoms with Gasteiger partial charge in [-0.25, -0.2) is 14.6 Å². The summed E-state index contributed by atoms with van der Waals surface area (Å²) in [4.78, 5) is 18.6. The highest BCUT2D eigenvalue weighted by Gasteiger charge is 2.05. The monoisotopic (exact) mass is 213 g/mol. The predicted octanol–water partition coefficient (Wildman–Crippen LogP) is 0.655. The number of nitriles is 1. The molecule has 6 nitrogen and oxygen atoms in total. The molecule has 0 aromatic carbocycles. The first-order valence-corrected chi connectivity index (χ1v) is 4.48. The van der Waals surface area contributed by atoms with Crippen molar-refractivity contribution in [3.05, 3.63) is 35.4 Å². The molecule has 2 aromatic heterocycles. The van der Waals surface area contributed by atoms with Crippen LogP contribution in [0.1, 0.15) is 21.6 Å². The van der Waals surface area contributed by atoms with Crippen LogP contribution in [0.2, 0.25) is 0 Å². The fraction of sp³-hybridized carbons (Fsp3) is 0.100. The van der Waals surface area contributed by atoms with E-state index in [0.29, 0.717) is 29.1 Å². The molecule has 0 N–H and O–H groups in total. The van der Waals surface area contributed by atoms with Crippen LogP contribution in [0.5, 0.6) is 0 Å². The molecule has 78 valence electrons. The average Bonchev–Trinajstić information content (AvgIpc) is 2.77. The lowest BCUT2D eigenvalue weighted by Crippen LogP contribution is -2.03. The maximum Gasteiger partial charge on any atom is 0.250 e. The van der Waals surface area contributed by atoms with Crippen LogP contribution < -0.4 is 0 Å². The highest BCUT2D eigenvalue weighted by molar-refractivity contribution is 5.73. The largest absolute Gasteiger partial charge is 0.298 e. The molecule has 0 spiro atoms. The second-order valence-corrected chi connectivity index (χ2v) is 3.12. The van der Waals surface area contributed by atoms with E-state index in [0.717, 1.165) is 0 Å². The Bertz CT molecular complexity index is 581. The Balaban J connectivity index is 2.45. The van der Waals surface area contributed by atoms with Gasteiger partial charge >= 0.3 is 0 Å². The molecular weight excluding hydrogens is 206 g/mol. The molecule has 0 fully saturated rings. The maximum atomic E-state index is 10.5. The number of aldehydes is 1. The molecule has 0 aliphatic carbocycles. The molecular formula is C10H7N5O. The van der Waals surface area contributed by atoms with Crippen LogP contribution in [0, 0.1) is 18.3 Å². The normalized spacial score (nSPS) is 9.75. The second kappa shape index (κ2) is 3.90. The van der Waals surface area contributed by atoms with Crippen LogP contribution in [-0.4, -0.2) is 26.0 Å². The van der Waals surface area contributed by atoms with E-state index in [1.54, 1.807) is 6.92 Å². The Morgan fingerprint density at radius 2 is 2.31 bits per heavy atom. The highest BCUT2D eigenvalue weighted by Crippen LogP contribution is 2.06. The van der Waals surface area contributed by atoms with Gasteiger partial charge < -0.3 is 0 Å². The van der Waals surface area contributed by atoms with Crippen LogP contribution in [0.15, 0.2) is 18.6 Å². The van der Waals surface area contributed by atoms with Gasteiger partial charge in [0.2, 0.25) is 0 Å². The molecule has 0 aliphatic heterocycles. The molecule has 0 amide bonds. The van der Waals surface area contributed by atoms with E-state index in [-0.39, 0.29) is 0 Å². The minimum absolute atomic E-state index is 0.338. The zero-order valence-electron chi connectivity index (χ0n) is 8.45. The summed E-state index contributed by atoms with van der Waals surface area (Å²) in [5, 5.41) is 12.7. The molecule has 0 aliphatic rings. The Labute approximate surface area is 91.2 Å². The van der Waals surface area contributed by atoms with E-state index >= 15 is 0 Å². The van der Waals surface area contributed by atoms with Gasteiger partial charge in [-0.1, -0.05) is 0 Å². The first kappa shape index (κ1) is 9.98. The van der Waals surface area contributed by atoms with Gasteiger partial charge in [0.1, 0.15) is 6.07 Å². The van der Waals surface area contributed by atoms with E-state index < -0.39 is 0 Å². The van der Waals surface area contributed by atoms with Crippen molar-refractivity contribution in [2.45, 2.75) is 6.92 Å². The van der Waals surface area contributed by atoms with Crippen LogP contribution in [0.4, 0.5) is 0 Å². The number of carbonyl (C=O) groups is 1. The van der Waals surface area contributed by atoms with Gasteiger partial charge in [-0.15, -0.1) is 0 Å². The lowest BCUT2D eigenvalue weighted by atomic mass is 10.3. The van der Waals surface area contributed by atoms with E-state index in [4.69, 9.17) is 5.26 Å². The van der Waals surface area contributed by atoms with Gasteiger partial charge in [0, 0.05) is 6.20 Å². The SMILES string of the molecule is Cc1nc(-n2cc(C=O)cn2)ncc1C#N. The fourth-order valence-electron chi connectivity index (χ4n) is 1.18. The van der Waals surface area contributed by atoms with Gasteiger partial charge in [-0.05, 0) is 6.92 Å². The molecule has 0 radical (unpaired) electrons. The molecule has 2 heterocycles. The Morgan fingerprint density at radius 3 is 2.88 bits per heavy atom. The van der Waals surface area contributed by atoms with Gasteiger partial charge in [-0.2, -0.15) is 10.4 Å². The Morgan fingerprint density at radius 1 is 1.50 bits per heavy atom. The zero-order chi connectivity index (χ0) is 11.5. The topological polar surface area (TPSA) is 84.5 Å². The van der Waals surface area contributed by atoms with Gasteiger partial charge in [0.25, 0.3) is 5.95 Å². The smallest absolute Gasteiger partial charge is 0.250 e. The standard InChI is InChI=1S/C10H7N5O/c1-7-9(2-11)4-12-10(14-7)15-5-8(6-16)3-13-15/h3-6H,1H3. The molecule has 0 atom stereocenters. The minimum atomic E-state index is 0.338. The first-order valence-electron chi connectivity index (χ1n) is 4.48. The number of aromatic nitrogens is 4. The highest BCUT2D eigenvalue weighted by atomic mass is 16.1. The second-order valence-electron chi connectivity index (χ2n) is 3.12.